The Balaban J connectivity index is 2.52. The summed E-state index contributed by atoms with van der Waals surface area (Å²) in [5.41, 5.74) is 6.07. The van der Waals surface area contributed by atoms with E-state index in [0.29, 0.717) is 11.4 Å². The maximum absolute atomic E-state index is 12.6. The van der Waals surface area contributed by atoms with Crippen LogP contribution in [-0.4, -0.2) is 27.6 Å². The van der Waals surface area contributed by atoms with Crippen molar-refractivity contribution in [1.29, 1.82) is 0 Å². The highest BCUT2D eigenvalue weighted by atomic mass is 32.2. The first-order valence-corrected chi connectivity index (χ1v) is 7.25. The van der Waals surface area contributed by atoms with Crippen LogP contribution in [0.5, 0.6) is 5.75 Å². The van der Waals surface area contributed by atoms with Gasteiger partial charge in [0.15, 0.2) is 0 Å². The minimum absolute atomic E-state index is 0.0331. The Kier molecular flexibility index (Phi) is 3.80. The highest BCUT2D eigenvalue weighted by Crippen LogP contribution is 2.31. The molecule has 106 valence electrons. The van der Waals surface area contributed by atoms with Gasteiger partial charge >= 0.3 is 0 Å². The summed E-state index contributed by atoms with van der Waals surface area (Å²) in [5, 5.41) is 0. The van der Waals surface area contributed by atoms with Gasteiger partial charge in [-0.25, -0.2) is 13.4 Å². The highest BCUT2D eigenvalue weighted by Gasteiger charge is 2.25. The molecular formula is C13H15N3O3S. The van der Waals surface area contributed by atoms with Crippen molar-refractivity contribution in [3.63, 3.8) is 0 Å². The molecule has 0 unspecified atom stereocenters. The molecule has 2 aromatic rings. The molecule has 1 heterocycles. The summed E-state index contributed by atoms with van der Waals surface area (Å²) in [6, 6.07) is 9.79. The summed E-state index contributed by atoms with van der Waals surface area (Å²) in [6.45, 7) is 0. The smallest absolute Gasteiger partial charge is 0.267 e. The molecule has 0 saturated heterocycles. The number of ether oxygens (including phenoxy) is 1. The molecule has 1 aromatic carbocycles. The van der Waals surface area contributed by atoms with Crippen molar-refractivity contribution in [3.8, 4) is 5.75 Å². The summed E-state index contributed by atoms with van der Waals surface area (Å²) in [6.07, 6.45) is 1.44. The van der Waals surface area contributed by atoms with E-state index in [1.807, 2.05) is 0 Å². The van der Waals surface area contributed by atoms with Gasteiger partial charge in [-0.2, -0.15) is 0 Å². The van der Waals surface area contributed by atoms with Gasteiger partial charge in [0, 0.05) is 13.2 Å². The lowest BCUT2D eigenvalue weighted by atomic mass is 10.3. The average molecular weight is 293 g/mol. The zero-order valence-electron chi connectivity index (χ0n) is 11.1. The normalized spacial score (nSPS) is 11.1. The molecule has 0 atom stereocenters. The molecule has 0 radical (unpaired) electrons. The topological polar surface area (TPSA) is 85.5 Å². The van der Waals surface area contributed by atoms with Gasteiger partial charge in [-0.05, 0) is 24.3 Å². The summed E-state index contributed by atoms with van der Waals surface area (Å²) in [7, 11) is -0.862. The molecule has 2 N–H and O–H groups in total. The number of hydrogen-bond donors (Lipinski definition) is 1. The molecule has 0 bridgehead atoms. The molecule has 0 spiro atoms. The molecule has 2 rings (SSSR count). The summed E-state index contributed by atoms with van der Waals surface area (Å²) >= 11 is 0. The van der Waals surface area contributed by atoms with Gasteiger partial charge in [-0.3, -0.25) is 4.31 Å². The fourth-order valence-electron chi connectivity index (χ4n) is 1.79. The van der Waals surface area contributed by atoms with Crippen LogP contribution in [0.2, 0.25) is 0 Å². The number of para-hydroxylation sites is 2. The molecule has 6 nitrogen and oxygen atoms in total. The van der Waals surface area contributed by atoms with E-state index in [-0.39, 0.29) is 10.7 Å². The quantitative estimate of drug-likeness (QED) is 0.923. The predicted octanol–water partition coefficient (Wildman–Crippen LogP) is 1.50. The number of anilines is 2. The van der Waals surface area contributed by atoms with Crippen molar-refractivity contribution < 1.29 is 13.2 Å². The second kappa shape index (κ2) is 5.38. The summed E-state index contributed by atoms with van der Waals surface area (Å²) < 4.78 is 31.4. The zero-order valence-corrected chi connectivity index (χ0v) is 12.0. The lowest BCUT2D eigenvalue weighted by Crippen LogP contribution is -2.27. The van der Waals surface area contributed by atoms with Gasteiger partial charge in [0.05, 0.1) is 12.8 Å². The van der Waals surface area contributed by atoms with Crippen molar-refractivity contribution in [1.82, 2.24) is 4.98 Å². The SMILES string of the molecule is COc1ccccc1N(C)S(=O)(=O)c1cccnc1N. The molecule has 0 fully saturated rings. The summed E-state index contributed by atoms with van der Waals surface area (Å²) in [4.78, 5) is 3.77. The van der Waals surface area contributed by atoms with E-state index in [0.717, 1.165) is 4.31 Å². The van der Waals surface area contributed by atoms with Crippen LogP contribution in [0.25, 0.3) is 0 Å². The Morgan fingerprint density at radius 2 is 1.90 bits per heavy atom. The number of benzene rings is 1. The van der Waals surface area contributed by atoms with Gasteiger partial charge in [-0.15, -0.1) is 0 Å². The molecule has 0 amide bonds. The average Bonchev–Trinajstić information content (AvgIpc) is 2.46. The standard InChI is InChI=1S/C13H15N3O3S/c1-16(10-6-3-4-7-11(10)19-2)20(17,18)12-8-5-9-15-13(12)14/h3-9H,1-2H3,(H2,14,15). The van der Waals surface area contributed by atoms with Crippen LogP contribution in [-0.2, 0) is 10.0 Å². The van der Waals surface area contributed by atoms with E-state index in [1.165, 1.54) is 32.5 Å². The number of nitrogen functional groups attached to an aromatic ring is 1. The van der Waals surface area contributed by atoms with Gasteiger partial charge in [-0.1, -0.05) is 12.1 Å². The van der Waals surface area contributed by atoms with E-state index >= 15 is 0 Å². The van der Waals surface area contributed by atoms with Gasteiger partial charge < -0.3 is 10.5 Å². The van der Waals surface area contributed by atoms with E-state index in [4.69, 9.17) is 10.5 Å². The summed E-state index contributed by atoms with van der Waals surface area (Å²) in [5.74, 6) is 0.426. The van der Waals surface area contributed by atoms with Crippen LogP contribution in [0.1, 0.15) is 0 Å². The van der Waals surface area contributed by atoms with Crippen molar-refractivity contribution >= 4 is 21.5 Å². The first-order chi connectivity index (χ1) is 9.48. The van der Waals surface area contributed by atoms with E-state index in [1.54, 1.807) is 24.3 Å². The Bertz CT molecular complexity index is 716. The molecular weight excluding hydrogens is 278 g/mol. The Morgan fingerprint density at radius 1 is 1.20 bits per heavy atom. The lowest BCUT2D eigenvalue weighted by molar-refractivity contribution is 0.416. The third-order valence-electron chi connectivity index (χ3n) is 2.86. The number of nitrogens with two attached hydrogens (primary N) is 1. The van der Waals surface area contributed by atoms with Crippen molar-refractivity contribution in [2.45, 2.75) is 4.90 Å². The van der Waals surface area contributed by atoms with Crippen molar-refractivity contribution in [2.75, 3.05) is 24.2 Å². The van der Waals surface area contributed by atoms with Crippen molar-refractivity contribution in [3.05, 3.63) is 42.6 Å². The number of nitrogens with zero attached hydrogens (tertiary/aromatic N) is 2. The first-order valence-electron chi connectivity index (χ1n) is 5.81. The molecule has 0 aliphatic rings. The number of rotatable bonds is 4. The number of sulfonamides is 1. The van der Waals surface area contributed by atoms with E-state index < -0.39 is 10.0 Å². The van der Waals surface area contributed by atoms with Crippen molar-refractivity contribution in [2.24, 2.45) is 0 Å². The minimum Gasteiger partial charge on any atom is -0.495 e. The first kappa shape index (κ1) is 14.1. The zero-order chi connectivity index (χ0) is 14.8. The molecule has 0 aliphatic heterocycles. The molecule has 0 aliphatic carbocycles. The lowest BCUT2D eigenvalue weighted by Gasteiger charge is -2.21. The fraction of sp³-hybridized carbons (Fsp3) is 0.154. The monoisotopic (exact) mass is 293 g/mol. The van der Waals surface area contributed by atoms with Gasteiger partial charge in [0.2, 0.25) is 0 Å². The van der Waals surface area contributed by atoms with E-state index in [2.05, 4.69) is 4.98 Å². The number of methoxy groups -OCH3 is 1. The second-order valence-corrected chi connectivity index (χ2v) is 5.97. The molecule has 7 heteroatoms. The molecule has 1 aromatic heterocycles. The van der Waals surface area contributed by atoms with E-state index in [9.17, 15) is 8.42 Å². The Hall–Kier alpha value is -2.28. The van der Waals surface area contributed by atoms with Gasteiger partial charge in [0.1, 0.15) is 16.5 Å². The minimum atomic E-state index is -3.79. The predicted molar refractivity (Wildman–Crippen MR) is 77.2 cm³/mol. The number of hydrogen-bond acceptors (Lipinski definition) is 5. The maximum Gasteiger partial charge on any atom is 0.267 e. The van der Waals surface area contributed by atoms with Gasteiger partial charge in [0.25, 0.3) is 10.0 Å². The third kappa shape index (κ3) is 2.39. The fourth-order valence-corrected chi connectivity index (χ4v) is 3.06. The van der Waals surface area contributed by atoms with Crippen LogP contribution in [0.15, 0.2) is 47.5 Å². The highest BCUT2D eigenvalue weighted by molar-refractivity contribution is 7.93. The third-order valence-corrected chi connectivity index (χ3v) is 4.68. The Labute approximate surface area is 117 Å². The van der Waals surface area contributed by atoms with Crippen LogP contribution in [0.3, 0.4) is 0 Å². The molecule has 20 heavy (non-hydrogen) atoms. The number of pyridine rings is 1. The van der Waals surface area contributed by atoms with Crippen LogP contribution in [0, 0.1) is 0 Å². The second-order valence-electron chi connectivity index (χ2n) is 4.03. The number of aromatic nitrogens is 1. The van der Waals surface area contributed by atoms with Crippen LogP contribution in [0.4, 0.5) is 11.5 Å². The Morgan fingerprint density at radius 3 is 2.55 bits per heavy atom. The largest absolute Gasteiger partial charge is 0.495 e. The van der Waals surface area contributed by atoms with Crippen LogP contribution < -0.4 is 14.8 Å². The molecule has 0 saturated carbocycles. The maximum atomic E-state index is 12.6. The van der Waals surface area contributed by atoms with Crippen LogP contribution >= 0.6 is 0 Å².